The van der Waals surface area contributed by atoms with E-state index >= 15 is 0 Å². The molecule has 1 aromatic carbocycles. The molecule has 3 nitrogen and oxygen atoms in total. The molecular weight excluding hydrogens is 278 g/mol. The van der Waals surface area contributed by atoms with E-state index in [4.69, 9.17) is 10.7 Å². The normalized spacial score (nSPS) is 10.8. The van der Waals surface area contributed by atoms with Crippen LogP contribution >= 0.6 is 11.3 Å². The summed E-state index contributed by atoms with van der Waals surface area (Å²) in [5.74, 6) is 0. The third-order valence-corrected chi connectivity index (χ3v) is 4.51. The Hall–Kier alpha value is -2.04. The van der Waals surface area contributed by atoms with Gasteiger partial charge in [-0.15, -0.1) is 11.3 Å². The van der Waals surface area contributed by atoms with E-state index in [-0.39, 0.29) is 0 Å². The van der Waals surface area contributed by atoms with Crippen LogP contribution in [0.15, 0.2) is 48.8 Å². The third kappa shape index (κ3) is 3.01. The van der Waals surface area contributed by atoms with Crippen molar-refractivity contribution >= 4 is 11.3 Å². The van der Waals surface area contributed by atoms with Gasteiger partial charge in [-0.05, 0) is 30.2 Å². The van der Waals surface area contributed by atoms with Gasteiger partial charge in [-0.3, -0.25) is 4.98 Å². The van der Waals surface area contributed by atoms with E-state index in [0.717, 1.165) is 17.1 Å². The molecule has 0 radical (unpaired) electrons. The van der Waals surface area contributed by atoms with Crippen molar-refractivity contribution < 1.29 is 0 Å². The number of hydrogen-bond acceptors (Lipinski definition) is 4. The van der Waals surface area contributed by atoms with Gasteiger partial charge < -0.3 is 5.73 Å². The highest BCUT2D eigenvalue weighted by molar-refractivity contribution is 7.12. The van der Waals surface area contributed by atoms with Crippen LogP contribution in [0.4, 0.5) is 0 Å². The number of nitrogens with zero attached hydrogens (tertiary/aromatic N) is 2. The molecule has 0 saturated heterocycles. The summed E-state index contributed by atoms with van der Waals surface area (Å²) in [7, 11) is 0. The molecule has 2 aromatic heterocycles. The molecule has 0 atom stereocenters. The first-order valence-electron chi connectivity index (χ1n) is 6.91. The van der Waals surface area contributed by atoms with Gasteiger partial charge in [0.05, 0.1) is 5.69 Å². The second-order valence-electron chi connectivity index (χ2n) is 4.93. The van der Waals surface area contributed by atoms with Crippen LogP contribution in [0, 0.1) is 6.92 Å². The molecule has 3 rings (SSSR count). The zero-order valence-corrected chi connectivity index (χ0v) is 12.7. The summed E-state index contributed by atoms with van der Waals surface area (Å²) in [6.07, 6.45) is 4.52. The number of rotatable bonds is 4. The first-order valence-corrected chi connectivity index (χ1v) is 7.73. The first kappa shape index (κ1) is 13.9. The lowest BCUT2D eigenvalue weighted by Gasteiger charge is -2.06. The molecule has 2 heterocycles. The second kappa shape index (κ2) is 6.16. The number of pyridine rings is 1. The lowest BCUT2D eigenvalue weighted by molar-refractivity contribution is 1.04. The molecule has 4 heteroatoms. The molecule has 106 valence electrons. The standard InChI is InChI=1S/C17H17N3S/c1-12-4-2-3-5-14(12)17-15(21-16(11-18)20-17)10-13-6-8-19-9-7-13/h2-9H,10-11,18H2,1H3. The van der Waals surface area contributed by atoms with Gasteiger partial charge in [0.2, 0.25) is 0 Å². The molecule has 0 saturated carbocycles. The fraction of sp³-hybridized carbons (Fsp3) is 0.176. The maximum absolute atomic E-state index is 5.78. The van der Waals surface area contributed by atoms with Crippen molar-refractivity contribution in [2.24, 2.45) is 5.73 Å². The van der Waals surface area contributed by atoms with Crippen LogP contribution in [0.5, 0.6) is 0 Å². The molecule has 2 N–H and O–H groups in total. The molecule has 0 aliphatic heterocycles. The zero-order chi connectivity index (χ0) is 14.7. The lowest BCUT2D eigenvalue weighted by atomic mass is 10.0. The van der Waals surface area contributed by atoms with Crippen LogP contribution in [0.2, 0.25) is 0 Å². The SMILES string of the molecule is Cc1ccccc1-c1nc(CN)sc1Cc1ccncc1. The Labute approximate surface area is 128 Å². The number of thiazole rings is 1. The topological polar surface area (TPSA) is 51.8 Å². The Bertz CT molecular complexity index is 735. The number of nitrogens with two attached hydrogens (primary N) is 1. The molecule has 0 fully saturated rings. The van der Waals surface area contributed by atoms with Gasteiger partial charge in [0, 0.05) is 35.8 Å². The number of benzene rings is 1. The highest BCUT2D eigenvalue weighted by Gasteiger charge is 2.14. The smallest absolute Gasteiger partial charge is 0.107 e. The van der Waals surface area contributed by atoms with E-state index in [2.05, 4.69) is 36.2 Å². The largest absolute Gasteiger partial charge is 0.325 e. The van der Waals surface area contributed by atoms with Crippen molar-refractivity contribution in [1.82, 2.24) is 9.97 Å². The van der Waals surface area contributed by atoms with Crippen LogP contribution in [0.1, 0.15) is 21.0 Å². The van der Waals surface area contributed by atoms with Crippen LogP contribution in [0.3, 0.4) is 0 Å². The van der Waals surface area contributed by atoms with Gasteiger partial charge >= 0.3 is 0 Å². The van der Waals surface area contributed by atoms with E-state index in [1.54, 1.807) is 11.3 Å². The van der Waals surface area contributed by atoms with Crippen LogP contribution < -0.4 is 5.73 Å². The van der Waals surface area contributed by atoms with E-state index in [9.17, 15) is 0 Å². The molecule has 0 spiro atoms. The Morgan fingerprint density at radius 3 is 2.57 bits per heavy atom. The summed E-state index contributed by atoms with van der Waals surface area (Å²) in [4.78, 5) is 10.1. The Balaban J connectivity index is 2.04. The van der Waals surface area contributed by atoms with E-state index < -0.39 is 0 Å². The van der Waals surface area contributed by atoms with Gasteiger partial charge in [-0.2, -0.15) is 0 Å². The Kier molecular flexibility index (Phi) is 4.08. The molecule has 21 heavy (non-hydrogen) atoms. The monoisotopic (exact) mass is 295 g/mol. The molecule has 3 aromatic rings. The summed E-state index contributed by atoms with van der Waals surface area (Å²) in [6.45, 7) is 2.60. The molecule has 0 aliphatic rings. The summed E-state index contributed by atoms with van der Waals surface area (Å²) in [6, 6.07) is 12.4. The van der Waals surface area contributed by atoms with Crippen molar-refractivity contribution in [2.45, 2.75) is 19.9 Å². The third-order valence-electron chi connectivity index (χ3n) is 3.43. The molecule has 0 bridgehead atoms. The summed E-state index contributed by atoms with van der Waals surface area (Å²) < 4.78 is 0. The summed E-state index contributed by atoms with van der Waals surface area (Å²) in [5.41, 5.74) is 10.5. The Morgan fingerprint density at radius 1 is 1.10 bits per heavy atom. The highest BCUT2D eigenvalue weighted by Crippen LogP contribution is 2.32. The van der Waals surface area contributed by atoms with Gasteiger partial charge in [0.15, 0.2) is 0 Å². The zero-order valence-electron chi connectivity index (χ0n) is 11.9. The summed E-state index contributed by atoms with van der Waals surface area (Å²) in [5, 5.41) is 0.984. The van der Waals surface area contributed by atoms with Crippen molar-refractivity contribution in [3.8, 4) is 11.3 Å². The number of hydrogen-bond donors (Lipinski definition) is 1. The second-order valence-corrected chi connectivity index (χ2v) is 6.10. The van der Waals surface area contributed by atoms with Gasteiger partial charge in [0.25, 0.3) is 0 Å². The van der Waals surface area contributed by atoms with E-state index in [1.165, 1.54) is 21.6 Å². The number of aryl methyl sites for hydroxylation is 1. The van der Waals surface area contributed by atoms with Crippen LogP contribution in [-0.2, 0) is 13.0 Å². The maximum atomic E-state index is 5.78. The van der Waals surface area contributed by atoms with Crippen molar-refractivity contribution in [2.75, 3.05) is 0 Å². The average Bonchev–Trinajstić information content (AvgIpc) is 2.92. The lowest BCUT2D eigenvalue weighted by Crippen LogP contribution is -1.95. The van der Waals surface area contributed by atoms with Crippen LogP contribution in [0.25, 0.3) is 11.3 Å². The minimum atomic E-state index is 0.486. The van der Waals surface area contributed by atoms with Gasteiger partial charge in [-0.25, -0.2) is 4.98 Å². The Morgan fingerprint density at radius 2 is 1.86 bits per heavy atom. The average molecular weight is 295 g/mol. The van der Waals surface area contributed by atoms with E-state index in [0.29, 0.717) is 6.54 Å². The van der Waals surface area contributed by atoms with Crippen molar-refractivity contribution in [1.29, 1.82) is 0 Å². The van der Waals surface area contributed by atoms with Crippen molar-refractivity contribution in [3.63, 3.8) is 0 Å². The number of aromatic nitrogens is 2. The molecule has 0 amide bonds. The first-order chi connectivity index (χ1) is 10.3. The highest BCUT2D eigenvalue weighted by atomic mass is 32.1. The van der Waals surface area contributed by atoms with Gasteiger partial charge in [-0.1, -0.05) is 24.3 Å². The molecule has 0 aliphatic carbocycles. The minimum Gasteiger partial charge on any atom is -0.325 e. The minimum absolute atomic E-state index is 0.486. The quantitative estimate of drug-likeness (QED) is 0.800. The van der Waals surface area contributed by atoms with Crippen LogP contribution in [-0.4, -0.2) is 9.97 Å². The van der Waals surface area contributed by atoms with E-state index in [1.807, 2.05) is 24.5 Å². The predicted molar refractivity (Wildman–Crippen MR) is 87.2 cm³/mol. The van der Waals surface area contributed by atoms with Gasteiger partial charge in [0.1, 0.15) is 5.01 Å². The molecule has 0 unspecified atom stereocenters. The predicted octanol–water partition coefficient (Wildman–Crippen LogP) is 3.56. The van der Waals surface area contributed by atoms with Crippen molar-refractivity contribution in [3.05, 3.63) is 69.8 Å². The maximum Gasteiger partial charge on any atom is 0.107 e. The fourth-order valence-corrected chi connectivity index (χ4v) is 3.34. The summed E-state index contributed by atoms with van der Waals surface area (Å²) >= 11 is 1.70. The fourth-order valence-electron chi connectivity index (χ4n) is 2.34. The molecular formula is C17H17N3S.